The van der Waals surface area contributed by atoms with Crippen LogP contribution in [0.1, 0.15) is 65.4 Å². The van der Waals surface area contributed by atoms with Gasteiger partial charge in [0.2, 0.25) is 0 Å². The van der Waals surface area contributed by atoms with E-state index in [4.69, 9.17) is 14.2 Å². The fourth-order valence-electron chi connectivity index (χ4n) is 3.76. The Morgan fingerprint density at radius 2 is 1.74 bits per heavy atom. The Morgan fingerprint density at radius 3 is 2.29 bits per heavy atom. The number of carboxylic acid groups (broad SMARTS) is 1. The lowest BCUT2D eigenvalue weighted by atomic mass is 9.82. The molecule has 0 unspecified atom stereocenters. The summed E-state index contributed by atoms with van der Waals surface area (Å²) in [4.78, 5) is 11.5. The van der Waals surface area contributed by atoms with Crippen molar-refractivity contribution in [1.29, 1.82) is 0 Å². The van der Waals surface area contributed by atoms with Gasteiger partial charge >= 0.3 is 5.97 Å². The summed E-state index contributed by atoms with van der Waals surface area (Å²) in [5.41, 5.74) is -0.441. The van der Waals surface area contributed by atoms with Crippen LogP contribution < -0.4 is 9.47 Å². The van der Waals surface area contributed by atoms with Crippen LogP contribution in [0.4, 0.5) is 0 Å². The zero-order valence-electron chi connectivity index (χ0n) is 20.1. The fraction of sp³-hybridized carbons (Fsp3) is 0.720. The average Bonchev–Trinajstić information content (AvgIpc) is 2.72. The summed E-state index contributed by atoms with van der Waals surface area (Å²) in [5.74, 6) is 1.00. The van der Waals surface area contributed by atoms with Crippen molar-refractivity contribution in [3.05, 3.63) is 23.8 Å². The first kappa shape index (κ1) is 27.2. The molecule has 178 valence electrons. The van der Waals surface area contributed by atoms with Crippen molar-refractivity contribution in [2.24, 2.45) is 17.8 Å². The second-order valence-corrected chi connectivity index (χ2v) is 9.02. The number of hydrogen-bond acceptors (Lipinski definition) is 5. The number of ether oxygens (including phenoxy) is 3. The van der Waals surface area contributed by atoms with Gasteiger partial charge in [0.25, 0.3) is 0 Å². The maximum absolute atomic E-state index is 11.5. The summed E-state index contributed by atoms with van der Waals surface area (Å²) >= 11 is 0. The number of benzene rings is 1. The maximum Gasteiger partial charge on any atom is 0.335 e. The number of aliphatic hydroxyl groups is 1. The summed E-state index contributed by atoms with van der Waals surface area (Å²) in [6.45, 7) is 9.18. The number of methoxy groups -OCH3 is 2. The van der Waals surface area contributed by atoms with Crippen LogP contribution in [0.2, 0.25) is 0 Å². The molecule has 6 nitrogen and oxygen atoms in total. The molecule has 1 aromatic carbocycles. The summed E-state index contributed by atoms with van der Waals surface area (Å²) in [6, 6.07) is 6.09. The van der Waals surface area contributed by atoms with Gasteiger partial charge in [0.1, 0.15) is 0 Å². The molecule has 0 spiro atoms. The summed E-state index contributed by atoms with van der Waals surface area (Å²) in [7, 11) is 3.32. The first-order chi connectivity index (χ1) is 14.7. The van der Waals surface area contributed by atoms with Gasteiger partial charge in [-0.2, -0.15) is 0 Å². The third-order valence-electron chi connectivity index (χ3n) is 6.13. The normalized spacial score (nSPS) is 14.5. The second-order valence-electron chi connectivity index (χ2n) is 9.02. The largest absolute Gasteiger partial charge is 0.493 e. The van der Waals surface area contributed by atoms with Crippen molar-refractivity contribution in [3.63, 3.8) is 0 Å². The average molecular weight is 439 g/mol. The van der Waals surface area contributed by atoms with Crippen LogP contribution in [0.25, 0.3) is 0 Å². The Morgan fingerprint density at radius 1 is 1.03 bits per heavy atom. The number of unbranched alkanes of at least 4 members (excludes halogenated alkanes) is 1. The lowest BCUT2D eigenvalue weighted by Crippen LogP contribution is -2.43. The van der Waals surface area contributed by atoms with Crippen molar-refractivity contribution >= 4 is 5.97 Å². The highest BCUT2D eigenvalue weighted by molar-refractivity contribution is 5.77. The summed E-state index contributed by atoms with van der Waals surface area (Å²) < 4.78 is 16.4. The van der Waals surface area contributed by atoms with Gasteiger partial charge in [0.15, 0.2) is 17.1 Å². The Hall–Kier alpha value is -1.79. The highest BCUT2D eigenvalue weighted by Gasteiger charge is 2.38. The monoisotopic (exact) mass is 438 g/mol. The van der Waals surface area contributed by atoms with E-state index in [0.29, 0.717) is 31.5 Å². The number of hydrogen-bond donors (Lipinski definition) is 2. The Bertz CT molecular complexity index is 657. The van der Waals surface area contributed by atoms with Crippen molar-refractivity contribution in [2.75, 3.05) is 27.4 Å². The van der Waals surface area contributed by atoms with Crippen LogP contribution in [-0.4, -0.2) is 49.2 Å². The molecule has 1 rings (SSSR count). The number of carbonyl (C=O) groups is 1. The SMILES string of the molecule is COCCCOc1cc(C[C@H](CCCC[C@@](O)(C(=O)O)C(C)C)C(C)C)ccc1OC. The lowest BCUT2D eigenvalue weighted by molar-refractivity contribution is -0.164. The molecule has 0 radical (unpaired) electrons. The number of carboxylic acids is 1. The molecule has 0 aliphatic heterocycles. The first-order valence-electron chi connectivity index (χ1n) is 11.4. The molecule has 2 N–H and O–H groups in total. The topological polar surface area (TPSA) is 85.2 Å². The predicted octanol–water partition coefficient (Wildman–Crippen LogP) is 4.96. The van der Waals surface area contributed by atoms with E-state index >= 15 is 0 Å². The van der Waals surface area contributed by atoms with Crippen LogP contribution >= 0.6 is 0 Å². The van der Waals surface area contributed by atoms with Crippen LogP contribution in [-0.2, 0) is 16.0 Å². The van der Waals surface area contributed by atoms with Crippen LogP contribution in [0.3, 0.4) is 0 Å². The zero-order chi connectivity index (χ0) is 23.4. The Labute approximate surface area is 187 Å². The molecule has 0 aliphatic carbocycles. The molecule has 0 saturated heterocycles. The predicted molar refractivity (Wildman–Crippen MR) is 123 cm³/mol. The third-order valence-corrected chi connectivity index (χ3v) is 6.13. The molecule has 0 saturated carbocycles. The molecule has 0 aliphatic rings. The van der Waals surface area contributed by atoms with E-state index in [-0.39, 0.29) is 12.3 Å². The van der Waals surface area contributed by atoms with E-state index in [0.717, 1.165) is 37.2 Å². The Balaban J connectivity index is 2.70. The van der Waals surface area contributed by atoms with E-state index in [2.05, 4.69) is 26.0 Å². The molecule has 1 aromatic rings. The number of aliphatic carboxylic acids is 1. The van der Waals surface area contributed by atoms with Gasteiger partial charge in [-0.05, 0) is 61.1 Å². The lowest BCUT2D eigenvalue weighted by Gasteiger charge is -2.28. The zero-order valence-corrected chi connectivity index (χ0v) is 20.1. The van der Waals surface area contributed by atoms with E-state index < -0.39 is 11.6 Å². The molecule has 2 atom stereocenters. The minimum absolute atomic E-state index is 0.285. The summed E-state index contributed by atoms with van der Waals surface area (Å²) in [5, 5.41) is 19.8. The molecular formula is C25H42O6. The second kappa shape index (κ2) is 13.6. The highest BCUT2D eigenvalue weighted by Crippen LogP contribution is 2.32. The van der Waals surface area contributed by atoms with E-state index in [9.17, 15) is 15.0 Å². The quantitative estimate of drug-likeness (QED) is 0.355. The van der Waals surface area contributed by atoms with Crippen molar-refractivity contribution < 1.29 is 29.2 Å². The molecule has 0 amide bonds. The summed E-state index contributed by atoms with van der Waals surface area (Å²) in [6.07, 6.45) is 4.59. The van der Waals surface area contributed by atoms with Crippen LogP contribution in [0, 0.1) is 17.8 Å². The third kappa shape index (κ3) is 8.69. The number of rotatable bonds is 16. The molecule has 6 heteroatoms. The van der Waals surface area contributed by atoms with Gasteiger partial charge in [-0.25, -0.2) is 4.79 Å². The maximum atomic E-state index is 11.5. The van der Waals surface area contributed by atoms with Gasteiger partial charge in [0.05, 0.1) is 13.7 Å². The minimum Gasteiger partial charge on any atom is -0.493 e. The van der Waals surface area contributed by atoms with Gasteiger partial charge in [-0.15, -0.1) is 0 Å². The van der Waals surface area contributed by atoms with Gasteiger partial charge in [-0.1, -0.05) is 40.2 Å². The first-order valence-corrected chi connectivity index (χ1v) is 11.4. The minimum atomic E-state index is -1.64. The van der Waals surface area contributed by atoms with Crippen molar-refractivity contribution in [1.82, 2.24) is 0 Å². The molecule has 31 heavy (non-hydrogen) atoms. The molecule has 0 fully saturated rings. The molecular weight excluding hydrogens is 396 g/mol. The van der Waals surface area contributed by atoms with Gasteiger partial charge in [0, 0.05) is 20.1 Å². The van der Waals surface area contributed by atoms with E-state index in [1.54, 1.807) is 28.1 Å². The highest BCUT2D eigenvalue weighted by atomic mass is 16.5. The van der Waals surface area contributed by atoms with E-state index in [1.807, 2.05) is 6.07 Å². The molecule has 0 aromatic heterocycles. The van der Waals surface area contributed by atoms with Gasteiger partial charge < -0.3 is 24.4 Å². The van der Waals surface area contributed by atoms with Gasteiger partial charge in [-0.3, -0.25) is 0 Å². The molecule has 0 heterocycles. The standard InChI is InChI=1S/C25H42O6/c1-18(2)21(10-7-8-13-25(28,19(3)4)24(26)27)16-20-11-12-22(30-6)23(17-20)31-15-9-14-29-5/h11-12,17-19,21,28H,7-10,13-16H2,1-6H3,(H,26,27)/t21-,25-/m0/s1. The fourth-order valence-corrected chi connectivity index (χ4v) is 3.76. The molecule has 0 bridgehead atoms. The van der Waals surface area contributed by atoms with Crippen LogP contribution in [0.5, 0.6) is 11.5 Å². The smallest absolute Gasteiger partial charge is 0.335 e. The Kier molecular flexibility index (Phi) is 11.9. The van der Waals surface area contributed by atoms with E-state index in [1.165, 1.54) is 5.56 Å². The van der Waals surface area contributed by atoms with Crippen molar-refractivity contribution in [2.45, 2.75) is 71.8 Å². The van der Waals surface area contributed by atoms with Crippen LogP contribution in [0.15, 0.2) is 18.2 Å². The van der Waals surface area contributed by atoms with Crippen molar-refractivity contribution in [3.8, 4) is 11.5 Å².